The molecule has 100 valence electrons. The number of amides is 1. The zero-order valence-electron chi connectivity index (χ0n) is 10.3. The van der Waals surface area contributed by atoms with Gasteiger partial charge in [-0.05, 0) is 30.5 Å². The summed E-state index contributed by atoms with van der Waals surface area (Å²) >= 11 is 0. The topological polar surface area (TPSA) is 89.3 Å². The maximum atomic E-state index is 11.2. The van der Waals surface area contributed by atoms with Crippen LogP contribution in [0.1, 0.15) is 25.3 Å². The Morgan fingerprint density at radius 3 is 2.39 bits per heavy atom. The Balaban J connectivity index is 2.47. The highest BCUT2D eigenvalue weighted by Crippen LogP contribution is 2.08. The number of hydrogen-bond acceptors (Lipinski definition) is 3. The molecule has 1 amide bonds. The third-order valence-corrected chi connectivity index (χ3v) is 3.39. The fraction of sp³-hybridized carbons (Fsp3) is 0.417. The van der Waals surface area contributed by atoms with Crippen molar-refractivity contribution in [2.24, 2.45) is 5.14 Å². The molecule has 0 spiro atoms. The van der Waals surface area contributed by atoms with Gasteiger partial charge in [0.15, 0.2) is 0 Å². The van der Waals surface area contributed by atoms with E-state index in [1.54, 1.807) is 12.1 Å². The first-order chi connectivity index (χ1) is 8.43. The minimum atomic E-state index is -3.63. The average molecular weight is 270 g/mol. The second kappa shape index (κ2) is 6.51. The van der Waals surface area contributed by atoms with Crippen LogP contribution in [0, 0.1) is 0 Å². The van der Waals surface area contributed by atoms with Crippen LogP contribution in [0.5, 0.6) is 0 Å². The lowest BCUT2D eigenvalue weighted by Crippen LogP contribution is -2.25. The van der Waals surface area contributed by atoms with Crippen molar-refractivity contribution >= 4 is 15.9 Å². The van der Waals surface area contributed by atoms with E-state index in [0.717, 1.165) is 12.0 Å². The summed E-state index contributed by atoms with van der Waals surface area (Å²) in [6.45, 7) is 2.50. The molecule has 0 heterocycles. The van der Waals surface area contributed by atoms with Crippen molar-refractivity contribution in [3.63, 3.8) is 0 Å². The zero-order chi connectivity index (χ0) is 13.6. The van der Waals surface area contributed by atoms with E-state index in [2.05, 4.69) is 5.32 Å². The summed E-state index contributed by atoms with van der Waals surface area (Å²) in [5, 5.41) is 7.79. The third kappa shape index (κ3) is 4.85. The molecule has 0 unspecified atom stereocenters. The Morgan fingerprint density at radius 2 is 1.89 bits per heavy atom. The number of carbonyl (C=O) groups is 1. The first-order valence-electron chi connectivity index (χ1n) is 5.82. The molecule has 1 aromatic rings. The molecule has 0 atom stereocenters. The van der Waals surface area contributed by atoms with Gasteiger partial charge in [0, 0.05) is 13.0 Å². The molecule has 6 heteroatoms. The predicted octanol–water partition coefficient (Wildman–Crippen LogP) is 0.793. The molecular formula is C12H18N2O3S. The minimum absolute atomic E-state index is 0.0404. The van der Waals surface area contributed by atoms with Gasteiger partial charge in [-0.1, -0.05) is 19.1 Å². The van der Waals surface area contributed by atoms with Crippen LogP contribution >= 0.6 is 0 Å². The summed E-state index contributed by atoms with van der Waals surface area (Å²) in [5.41, 5.74) is 0.958. The van der Waals surface area contributed by atoms with Crippen molar-refractivity contribution in [2.75, 3.05) is 6.54 Å². The van der Waals surface area contributed by atoms with Crippen LogP contribution in [-0.2, 0) is 21.2 Å². The van der Waals surface area contributed by atoms with E-state index in [9.17, 15) is 13.2 Å². The van der Waals surface area contributed by atoms with E-state index in [1.165, 1.54) is 12.1 Å². The molecular weight excluding hydrogens is 252 g/mol. The Bertz CT molecular complexity index is 495. The molecule has 1 rings (SSSR count). The molecule has 18 heavy (non-hydrogen) atoms. The molecule has 0 radical (unpaired) electrons. The number of nitrogens with two attached hydrogens (primary N) is 1. The standard InChI is InChI=1S/C12H18N2O3S/c1-2-3-12(15)14-9-8-10-4-6-11(7-5-10)18(13,16)17/h4-7H,2-3,8-9H2,1H3,(H,14,15)(H2,13,16,17). The number of sulfonamides is 1. The van der Waals surface area contributed by atoms with E-state index >= 15 is 0 Å². The van der Waals surface area contributed by atoms with Gasteiger partial charge in [0.1, 0.15) is 0 Å². The largest absolute Gasteiger partial charge is 0.356 e. The Kier molecular flexibility index (Phi) is 5.30. The van der Waals surface area contributed by atoms with Gasteiger partial charge in [-0.3, -0.25) is 4.79 Å². The summed E-state index contributed by atoms with van der Waals surface area (Å²) in [5.74, 6) is 0.0404. The molecule has 0 aliphatic heterocycles. The first-order valence-corrected chi connectivity index (χ1v) is 7.36. The van der Waals surface area contributed by atoms with Crippen LogP contribution in [0.3, 0.4) is 0 Å². The Labute approximate surface area is 107 Å². The quantitative estimate of drug-likeness (QED) is 0.801. The van der Waals surface area contributed by atoms with Crippen molar-refractivity contribution < 1.29 is 13.2 Å². The van der Waals surface area contributed by atoms with E-state index in [-0.39, 0.29) is 10.8 Å². The maximum absolute atomic E-state index is 11.2. The fourth-order valence-electron chi connectivity index (χ4n) is 1.51. The first kappa shape index (κ1) is 14.7. The SMILES string of the molecule is CCCC(=O)NCCc1ccc(S(N)(=O)=O)cc1. The lowest BCUT2D eigenvalue weighted by molar-refractivity contribution is -0.121. The number of carbonyl (C=O) groups excluding carboxylic acids is 1. The third-order valence-electron chi connectivity index (χ3n) is 2.46. The van der Waals surface area contributed by atoms with E-state index in [4.69, 9.17) is 5.14 Å². The van der Waals surface area contributed by atoms with Gasteiger partial charge < -0.3 is 5.32 Å². The minimum Gasteiger partial charge on any atom is -0.356 e. The predicted molar refractivity (Wildman–Crippen MR) is 69.4 cm³/mol. The lowest BCUT2D eigenvalue weighted by Gasteiger charge is -2.05. The fourth-order valence-corrected chi connectivity index (χ4v) is 2.02. The number of rotatable bonds is 6. The smallest absolute Gasteiger partial charge is 0.238 e. The normalized spacial score (nSPS) is 11.2. The summed E-state index contributed by atoms with van der Waals surface area (Å²) in [6.07, 6.45) is 2.03. The molecule has 0 bridgehead atoms. The number of nitrogens with one attached hydrogen (secondary N) is 1. The van der Waals surface area contributed by atoms with Gasteiger partial charge in [0.25, 0.3) is 0 Å². The van der Waals surface area contributed by atoms with Crippen molar-refractivity contribution in [2.45, 2.75) is 31.1 Å². The van der Waals surface area contributed by atoms with Crippen LogP contribution in [0.15, 0.2) is 29.2 Å². The van der Waals surface area contributed by atoms with E-state index in [0.29, 0.717) is 19.4 Å². The zero-order valence-corrected chi connectivity index (χ0v) is 11.2. The van der Waals surface area contributed by atoms with Gasteiger partial charge in [-0.2, -0.15) is 0 Å². The number of hydrogen-bond donors (Lipinski definition) is 2. The summed E-state index contributed by atoms with van der Waals surface area (Å²) < 4.78 is 22.1. The van der Waals surface area contributed by atoms with Crippen LogP contribution in [0.25, 0.3) is 0 Å². The van der Waals surface area contributed by atoms with Crippen LogP contribution in [0.2, 0.25) is 0 Å². The molecule has 0 saturated heterocycles. The second-order valence-corrected chi connectivity index (χ2v) is 5.60. The highest BCUT2D eigenvalue weighted by Gasteiger charge is 2.06. The van der Waals surface area contributed by atoms with Crippen molar-refractivity contribution in [3.8, 4) is 0 Å². The molecule has 0 aromatic heterocycles. The summed E-state index contributed by atoms with van der Waals surface area (Å²) in [4.78, 5) is 11.3. The van der Waals surface area contributed by atoms with Gasteiger partial charge in [0.2, 0.25) is 15.9 Å². The summed E-state index contributed by atoms with van der Waals surface area (Å²) in [6, 6.07) is 6.34. The van der Waals surface area contributed by atoms with Crippen LogP contribution in [0.4, 0.5) is 0 Å². The highest BCUT2D eigenvalue weighted by atomic mass is 32.2. The maximum Gasteiger partial charge on any atom is 0.238 e. The number of primary sulfonamides is 1. The van der Waals surface area contributed by atoms with Gasteiger partial charge in [0.05, 0.1) is 4.90 Å². The van der Waals surface area contributed by atoms with Crippen molar-refractivity contribution in [1.82, 2.24) is 5.32 Å². The van der Waals surface area contributed by atoms with Crippen LogP contribution in [-0.4, -0.2) is 20.9 Å². The molecule has 1 aromatic carbocycles. The van der Waals surface area contributed by atoms with E-state index < -0.39 is 10.0 Å². The van der Waals surface area contributed by atoms with Crippen LogP contribution < -0.4 is 10.5 Å². The molecule has 5 nitrogen and oxygen atoms in total. The highest BCUT2D eigenvalue weighted by molar-refractivity contribution is 7.89. The van der Waals surface area contributed by atoms with Gasteiger partial charge in [-0.25, -0.2) is 13.6 Å². The van der Waals surface area contributed by atoms with Crippen molar-refractivity contribution in [1.29, 1.82) is 0 Å². The lowest BCUT2D eigenvalue weighted by atomic mass is 10.1. The Morgan fingerprint density at radius 1 is 1.28 bits per heavy atom. The monoisotopic (exact) mass is 270 g/mol. The molecule has 3 N–H and O–H groups in total. The Hall–Kier alpha value is -1.40. The van der Waals surface area contributed by atoms with Gasteiger partial charge >= 0.3 is 0 Å². The average Bonchev–Trinajstić information content (AvgIpc) is 2.29. The van der Waals surface area contributed by atoms with E-state index in [1.807, 2.05) is 6.92 Å². The molecule has 0 aliphatic carbocycles. The molecule has 0 fully saturated rings. The van der Waals surface area contributed by atoms with Crippen molar-refractivity contribution in [3.05, 3.63) is 29.8 Å². The summed E-state index contributed by atoms with van der Waals surface area (Å²) in [7, 11) is -3.63. The second-order valence-electron chi connectivity index (χ2n) is 4.04. The van der Waals surface area contributed by atoms with Gasteiger partial charge in [-0.15, -0.1) is 0 Å². The molecule has 0 saturated carbocycles. The molecule has 0 aliphatic rings. The number of benzene rings is 1.